The van der Waals surface area contributed by atoms with Crippen LogP contribution < -0.4 is 5.73 Å². The molecular formula is C11H11N3O3. The summed E-state index contributed by atoms with van der Waals surface area (Å²) in [4.78, 5) is 15.2. The number of aryl methyl sites for hydroxylation is 1. The van der Waals surface area contributed by atoms with Gasteiger partial charge < -0.3 is 15.4 Å². The molecule has 0 amide bonds. The van der Waals surface area contributed by atoms with Crippen LogP contribution in [0.25, 0.3) is 11.1 Å². The van der Waals surface area contributed by atoms with Crippen LogP contribution in [0.3, 0.4) is 0 Å². The Morgan fingerprint density at radius 3 is 2.82 bits per heavy atom. The summed E-state index contributed by atoms with van der Waals surface area (Å²) in [5, 5.41) is 13.6. The van der Waals surface area contributed by atoms with Gasteiger partial charge in [0.05, 0.1) is 22.5 Å². The summed E-state index contributed by atoms with van der Waals surface area (Å²) in [6.45, 7) is 1.60. The van der Waals surface area contributed by atoms with Crippen molar-refractivity contribution in [2.45, 2.75) is 25.7 Å². The minimum atomic E-state index is -1.07. The van der Waals surface area contributed by atoms with Crippen molar-refractivity contribution >= 4 is 22.8 Å². The van der Waals surface area contributed by atoms with Gasteiger partial charge in [-0.15, -0.1) is 0 Å². The molecule has 2 aromatic rings. The van der Waals surface area contributed by atoms with E-state index in [0.717, 1.165) is 18.5 Å². The van der Waals surface area contributed by atoms with Gasteiger partial charge in [-0.25, -0.2) is 9.78 Å². The molecule has 3 rings (SSSR count). The van der Waals surface area contributed by atoms with Gasteiger partial charge in [-0.3, -0.25) is 0 Å². The van der Waals surface area contributed by atoms with Crippen molar-refractivity contribution in [3.8, 4) is 0 Å². The number of anilines is 1. The van der Waals surface area contributed by atoms with E-state index in [1.54, 1.807) is 6.92 Å². The number of nitrogen functional groups attached to an aromatic ring is 1. The number of nitrogens with two attached hydrogens (primary N) is 1. The third kappa shape index (κ3) is 1.37. The van der Waals surface area contributed by atoms with Crippen molar-refractivity contribution < 1.29 is 14.4 Å². The predicted molar refractivity (Wildman–Crippen MR) is 59.9 cm³/mol. The average Bonchev–Trinajstić information content (AvgIpc) is 2.99. The third-order valence-corrected chi connectivity index (χ3v) is 3.05. The molecule has 0 atom stereocenters. The molecule has 1 aliphatic rings. The summed E-state index contributed by atoms with van der Waals surface area (Å²) in [5.41, 5.74) is 7.58. The Bertz CT molecular complexity index is 628. The SMILES string of the molecule is Cc1nc2onc(C3CC3)c2c(N)c1C(=O)O. The first-order valence-electron chi connectivity index (χ1n) is 5.38. The van der Waals surface area contributed by atoms with Crippen LogP contribution in [0.1, 0.15) is 40.5 Å². The molecule has 6 heteroatoms. The quantitative estimate of drug-likeness (QED) is 0.818. The molecule has 6 nitrogen and oxygen atoms in total. The molecule has 2 heterocycles. The zero-order chi connectivity index (χ0) is 12.2. The van der Waals surface area contributed by atoms with Crippen LogP contribution in [-0.2, 0) is 0 Å². The average molecular weight is 233 g/mol. The number of rotatable bonds is 2. The lowest BCUT2D eigenvalue weighted by Gasteiger charge is -2.05. The number of nitrogens with zero attached hydrogens (tertiary/aromatic N) is 2. The van der Waals surface area contributed by atoms with Crippen molar-refractivity contribution in [1.29, 1.82) is 0 Å². The molecule has 2 aromatic heterocycles. The molecule has 88 valence electrons. The van der Waals surface area contributed by atoms with E-state index in [9.17, 15) is 4.79 Å². The van der Waals surface area contributed by atoms with Crippen LogP contribution in [0.15, 0.2) is 4.52 Å². The van der Waals surface area contributed by atoms with E-state index in [1.807, 2.05) is 0 Å². The lowest BCUT2D eigenvalue weighted by atomic mass is 10.1. The van der Waals surface area contributed by atoms with Crippen LogP contribution in [-0.4, -0.2) is 21.2 Å². The predicted octanol–water partition coefficient (Wildman–Crippen LogP) is 1.69. The Morgan fingerprint density at radius 2 is 2.24 bits per heavy atom. The van der Waals surface area contributed by atoms with E-state index in [-0.39, 0.29) is 11.3 Å². The minimum absolute atomic E-state index is 0.0441. The summed E-state index contributed by atoms with van der Waals surface area (Å²) in [6, 6.07) is 0. The van der Waals surface area contributed by atoms with Crippen LogP contribution in [0.5, 0.6) is 0 Å². The van der Waals surface area contributed by atoms with E-state index < -0.39 is 5.97 Å². The molecule has 0 aliphatic heterocycles. The van der Waals surface area contributed by atoms with Crippen LogP contribution >= 0.6 is 0 Å². The molecule has 0 unspecified atom stereocenters. The van der Waals surface area contributed by atoms with E-state index in [1.165, 1.54) is 0 Å². The van der Waals surface area contributed by atoms with Gasteiger partial charge in [0.2, 0.25) is 0 Å². The van der Waals surface area contributed by atoms with E-state index in [2.05, 4.69) is 10.1 Å². The second kappa shape index (κ2) is 3.19. The molecule has 0 bridgehead atoms. The molecule has 0 radical (unpaired) electrons. The molecule has 17 heavy (non-hydrogen) atoms. The highest BCUT2D eigenvalue weighted by Gasteiger charge is 2.32. The van der Waals surface area contributed by atoms with Crippen molar-refractivity contribution in [1.82, 2.24) is 10.1 Å². The largest absolute Gasteiger partial charge is 0.478 e. The van der Waals surface area contributed by atoms with Gasteiger partial charge in [0, 0.05) is 5.92 Å². The Morgan fingerprint density at radius 1 is 1.53 bits per heavy atom. The Balaban J connectivity index is 2.36. The lowest BCUT2D eigenvalue weighted by molar-refractivity contribution is 0.0697. The summed E-state index contributed by atoms with van der Waals surface area (Å²) in [7, 11) is 0. The van der Waals surface area contributed by atoms with Crippen molar-refractivity contribution in [2.24, 2.45) is 0 Å². The van der Waals surface area contributed by atoms with Crippen LogP contribution in [0, 0.1) is 6.92 Å². The molecular weight excluding hydrogens is 222 g/mol. The number of hydrogen-bond acceptors (Lipinski definition) is 5. The van der Waals surface area contributed by atoms with Crippen molar-refractivity contribution in [3.05, 3.63) is 17.0 Å². The van der Waals surface area contributed by atoms with Crippen LogP contribution in [0.4, 0.5) is 5.69 Å². The van der Waals surface area contributed by atoms with Gasteiger partial charge in [-0.05, 0) is 19.8 Å². The van der Waals surface area contributed by atoms with Crippen LogP contribution in [0.2, 0.25) is 0 Å². The smallest absolute Gasteiger partial charge is 0.339 e. The number of aromatic nitrogens is 2. The monoisotopic (exact) mass is 233 g/mol. The standard InChI is InChI=1S/C11H11N3O3/c1-4-6(11(15)16)8(12)7-9(5-2-3-5)14-17-10(7)13-4/h5H,2-3H2,1H3,(H2,12,13)(H,15,16). The van der Waals surface area contributed by atoms with Gasteiger partial charge in [0.25, 0.3) is 5.71 Å². The summed E-state index contributed by atoms with van der Waals surface area (Å²) < 4.78 is 5.11. The Hall–Kier alpha value is -2.11. The second-order valence-electron chi connectivity index (χ2n) is 4.31. The highest BCUT2D eigenvalue weighted by Crippen LogP contribution is 2.44. The number of carboxylic acids is 1. The first-order chi connectivity index (χ1) is 8.09. The van der Waals surface area contributed by atoms with Crippen molar-refractivity contribution in [3.63, 3.8) is 0 Å². The summed E-state index contributed by atoms with van der Waals surface area (Å²) in [5.74, 6) is -0.734. The van der Waals surface area contributed by atoms with E-state index in [4.69, 9.17) is 15.4 Å². The third-order valence-electron chi connectivity index (χ3n) is 3.05. The number of pyridine rings is 1. The Kier molecular flexibility index (Phi) is 1.89. The summed E-state index contributed by atoms with van der Waals surface area (Å²) in [6.07, 6.45) is 2.08. The Labute approximate surface area is 96.4 Å². The first kappa shape index (κ1) is 10.1. The van der Waals surface area contributed by atoms with Gasteiger partial charge in [-0.2, -0.15) is 0 Å². The maximum absolute atomic E-state index is 11.1. The fourth-order valence-corrected chi connectivity index (χ4v) is 2.06. The fraction of sp³-hybridized carbons (Fsp3) is 0.364. The fourth-order valence-electron chi connectivity index (χ4n) is 2.06. The van der Waals surface area contributed by atoms with Gasteiger partial charge in [0.15, 0.2) is 0 Å². The maximum Gasteiger partial charge on any atom is 0.339 e. The molecule has 0 saturated heterocycles. The lowest BCUT2D eigenvalue weighted by Crippen LogP contribution is -2.07. The molecule has 0 aromatic carbocycles. The highest BCUT2D eigenvalue weighted by molar-refractivity contribution is 6.04. The number of fused-ring (bicyclic) bond motifs is 1. The normalized spacial score (nSPS) is 15.4. The summed E-state index contributed by atoms with van der Waals surface area (Å²) >= 11 is 0. The van der Waals surface area contributed by atoms with Gasteiger partial charge >= 0.3 is 5.97 Å². The molecule has 1 fully saturated rings. The molecule has 3 N–H and O–H groups in total. The molecule has 1 saturated carbocycles. The number of carboxylic acid groups (broad SMARTS) is 1. The minimum Gasteiger partial charge on any atom is -0.478 e. The maximum atomic E-state index is 11.1. The van der Waals surface area contributed by atoms with Crippen molar-refractivity contribution in [2.75, 3.05) is 5.73 Å². The molecule has 0 spiro atoms. The van der Waals surface area contributed by atoms with E-state index in [0.29, 0.717) is 22.7 Å². The zero-order valence-corrected chi connectivity index (χ0v) is 9.23. The second-order valence-corrected chi connectivity index (χ2v) is 4.31. The number of carbonyl (C=O) groups is 1. The topological polar surface area (TPSA) is 102 Å². The molecule has 1 aliphatic carbocycles. The highest BCUT2D eigenvalue weighted by atomic mass is 16.5. The first-order valence-corrected chi connectivity index (χ1v) is 5.38. The zero-order valence-electron chi connectivity index (χ0n) is 9.23. The van der Waals surface area contributed by atoms with Gasteiger partial charge in [0.1, 0.15) is 5.56 Å². The number of aromatic carboxylic acids is 1. The number of hydrogen-bond donors (Lipinski definition) is 2. The van der Waals surface area contributed by atoms with E-state index >= 15 is 0 Å². The van der Waals surface area contributed by atoms with Gasteiger partial charge in [-0.1, -0.05) is 5.16 Å².